The van der Waals surface area contributed by atoms with Crippen LogP contribution >= 0.6 is 0 Å². The van der Waals surface area contributed by atoms with Gasteiger partial charge in [0.05, 0.1) is 20.3 Å². The monoisotopic (exact) mass is 334 g/mol. The zero-order chi connectivity index (χ0) is 17.5. The summed E-state index contributed by atoms with van der Waals surface area (Å²) in [5.74, 6) is 1.16. The lowest BCUT2D eigenvalue weighted by Crippen LogP contribution is -2.29. The first-order chi connectivity index (χ1) is 11.6. The van der Waals surface area contributed by atoms with Gasteiger partial charge in [-0.15, -0.1) is 0 Å². The Hall–Kier alpha value is -2.44. The number of methoxy groups -OCH3 is 1. The average molecular weight is 334 g/mol. The number of benzene rings is 2. The van der Waals surface area contributed by atoms with Crippen molar-refractivity contribution in [2.24, 2.45) is 0 Å². The van der Waals surface area contributed by atoms with E-state index in [-0.39, 0.29) is 5.75 Å². The zero-order valence-corrected chi connectivity index (χ0v) is 13.7. The molecule has 2 aromatic rings. The molecular weight excluding hydrogens is 312 g/mol. The minimum absolute atomic E-state index is 0.0811. The van der Waals surface area contributed by atoms with Gasteiger partial charge in [0.25, 0.3) is 0 Å². The summed E-state index contributed by atoms with van der Waals surface area (Å²) in [6.45, 7) is 1.82. The molecule has 0 aromatic heterocycles. The zero-order valence-electron chi connectivity index (χ0n) is 13.7. The molecule has 0 amide bonds. The summed E-state index contributed by atoms with van der Waals surface area (Å²) in [7, 11) is 1.51. The van der Waals surface area contributed by atoms with Crippen LogP contribution in [0.1, 0.15) is 18.6 Å². The van der Waals surface area contributed by atoms with Crippen LogP contribution in [0.2, 0.25) is 0 Å². The number of rotatable bonds is 8. The molecule has 0 heterocycles. The number of para-hydroxylation sites is 2. The van der Waals surface area contributed by atoms with E-state index in [2.05, 4.69) is 0 Å². The van der Waals surface area contributed by atoms with Gasteiger partial charge in [0, 0.05) is 0 Å². The molecule has 0 spiro atoms. The van der Waals surface area contributed by atoms with Crippen LogP contribution < -0.4 is 14.2 Å². The fraction of sp³-hybridized carbons (Fsp3) is 0.333. The van der Waals surface area contributed by atoms with E-state index in [9.17, 15) is 15.3 Å². The largest absolute Gasteiger partial charge is 0.504 e. The molecule has 6 nitrogen and oxygen atoms in total. The van der Waals surface area contributed by atoms with E-state index in [4.69, 9.17) is 14.2 Å². The Balaban J connectivity index is 2.19. The maximum absolute atomic E-state index is 10.5. The Labute approximate surface area is 140 Å². The summed E-state index contributed by atoms with van der Waals surface area (Å²) < 4.78 is 16.1. The highest BCUT2D eigenvalue weighted by Gasteiger charge is 2.24. The molecule has 24 heavy (non-hydrogen) atoms. The molecule has 0 bridgehead atoms. The lowest BCUT2D eigenvalue weighted by atomic mass is 10.0. The Kier molecular flexibility index (Phi) is 6.28. The Morgan fingerprint density at radius 2 is 1.75 bits per heavy atom. The van der Waals surface area contributed by atoms with Crippen molar-refractivity contribution in [3.05, 3.63) is 48.0 Å². The first-order valence-electron chi connectivity index (χ1n) is 7.65. The van der Waals surface area contributed by atoms with Crippen LogP contribution in [0.15, 0.2) is 42.5 Å². The van der Waals surface area contributed by atoms with Crippen LogP contribution in [0.5, 0.6) is 23.0 Å². The minimum Gasteiger partial charge on any atom is -0.504 e. The molecule has 0 fully saturated rings. The second-order valence-electron chi connectivity index (χ2n) is 5.09. The third kappa shape index (κ3) is 4.10. The van der Waals surface area contributed by atoms with E-state index in [0.717, 1.165) is 0 Å². The number of phenolic OH excluding ortho intramolecular Hbond substituents is 1. The normalized spacial score (nSPS) is 13.2. The highest BCUT2D eigenvalue weighted by molar-refractivity contribution is 5.43. The summed E-state index contributed by atoms with van der Waals surface area (Å²) in [6, 6.07) is 11.5. The van der Waals surface area contributed by atoms with Gasteiger partial charge in [0.15, 0.2) is 29.1 Å². The quantitative estimate of drug-likeness (QED) is 0.686. The predicted octanol–water partition coefficient (Wildman–Crippen LogP) is 2.27. The number of hydrogen-bond acceptors (Lipinski definition) is 6. The van der Waals surface area contributed by atoms with Crippen LogP contribution in [0.25, 0.3) is 0 Å². The lowest BCUT2D eigenvalue weighted by Gasteiger charge is -2.24. The Morgan fingerprint density at radius 3 is 2.33 bits per heavy atom. The lowest BCUT2D eigenvalue weighted by molar-refractivity contribution is -0.000521. The SMILES string of the molecule is CCOc1ccc([C@@H](O)[C@H](CO)Oc2ccccc2OC)cc1O. The third-order valence-electron chi connectivity index (χ3n) is 3.50. The van der Waals surface area contributed by atoms with Gasteiger partial charge in [-0.3, -0.25) is 0 Å². The molecule has 0 saturated heterocycles. The molecule has 0 aliphatic rings. The van der Waals surface area contributed by atoms with Crippen LogP contribution in [0.4, 0.5) is 0 Å². The Morgan fingerprint density at radius 1 is 1.04 bits per heavy atom. The maximum atomic E-state index is 10.5. The summed E-state index contributed by atoms with van der Waals surface area (Å²) >= 11 is 0. The van der Waals surface area contributed by atoms with Crippen molar-refractivity contribution < 1.29 is 29.5 Å². The molecule has 2 atom stereocenters. The average Bonchev–Trinajstić information content (AvgIpc) is 2.61. The third-order valence-corrected chi connectivity index (χ3v) is 3.50. The van der Waals surface area contributed by atoms with E-state index in [0.29, 0.717) is 29.4 Å². The van der Waals surface area contributed by atoms with Gasteiger partial charge >= 0.3 is 0 Å². The minimum atomic E-state index is -1.14. The van der Waals surface area contributed by atoms with Gasteiger partial charge in [-0.05, 0) is 36.8 Å². The van der Waals surface area contributed by atoms with Crippen molar-refractivity contribution in [3.63, 3.8) is 0 Å². The molecule has 130 valence electrons. The molecule has 0 radical (unpaired) electrons. The number of aliphatic hydroxyl groups is 2. The van der Waals surface area contributed by atoms with E-state index in [1.165, 1.54) is 13.2 Å². The maximum Gasteiger partial charge on any atom is 0.161 e. The van der Waals surface area contributed by atoms with Crippen molar-refractivity contribution in [2.45, 2.75) is 19.1 Å². The highest BCUT2D eigenvalue weighted by Crippen LogP contribution is 2.33. The number of aromatic hydroxyl groups is 1. The van der Waals surface area contributed by atoms with E-state index >= 15 is 0 Å². The van der Waals surface area contributed by atoms with Gasteiger partial charge in [-0.2, -0.15) is 0 Å². The summed E-state index contributed by atoms with van der Waals surface area (Å²) in [5.41, 5.74) is 0.407. The number of phenols is 1. The molecule has 0 unspecified atom stereocenters. The number of aliphatic hydroxyl groups excluding tert-OH is 2. The van der Waals surface area contributed by atoms with E-state index in [1.807, 2.05) is 6.92 Å². The molecule has 2 rings (SSSR count). The molecule has 2 aromatic carbocycles. The fourth-order valence-electron chi connectivity index (χ4n) is 2.29. The molecule has 0 aliphatic carbocycles. The standard InChI is InChI=1S/C18H22O6/c1-3-23-14-9-8-12(10-13(14)20)18(21)17(11-19)24-16-7-5-4-6-15(16)22-2/h4-10,17-21H,3,11H2,1-2H3/t17-,18+/m0/s1. The molecular formula is C18H22O6. The number of ether oxygens (including phenoxy) is 3. The summed E-state index contributed by atoms with van der Waals surface area (Å²) in [6.07, 6.45) is -2.06. The Bertz CT molecular complexity index is 658. The second kappa shape index (κ2) is 8.42. The van der Waals surface area contributed by atoms with Gasteiger partial charge in [0.2, 0.25) is 0 Å². The highest BCUT2D eigenvalue weighted by atomic mass is 16.5. The first kappa shape index (κ1) is 17.9. The summed E-state index contributed by atoms with van der Waals surface area (Å²) in [4.78, 5) is 0. The smallest absolute Gasteiger partial charge is 0.161 e. The molecule has 3 N–H and O–H groups in total. The van der Waals surface area contributed by atoms with Crippen molar-refractivity contribution >= 4 is 0 Å². The van der Waals surface area contributed by atoms with Crippen molar-refractivity contribution in [3.8, 4) is 23.0 Å². The molecule has 0 aliphatic heterocycles. The number of hydrogen-bond donors (Lipinski definition) is 3. The molecule has 6 heteroatoms. The van der Waals surface area contributed by atoms with Crippen LogP contribution in [0.3, 0.4) is 0 Å². The second-order valence-corrected chi connectivity index (χ2v) is 5.09. The first-order valence-corrected chi connectivity index (χ1v) is 7.65. The van der Waals surface area contributed by atoms with Crippen molar-refractivity contribution in [1.29, 1.82) is 0 Å². The topological polar surface area (TPSA) is 88.4 Å². The van der Waals surface area contributed by atoms with Crippen LogP contribution in [0, 0.1) is 0 Å². The van der Waals surface area contributed by atoms with Gasteiger partial charge in [0.1, 0.15) is 6.10 Å². The fourth-order valence-corrected chi connectivity index (χ4v) is 2.29. The predicted molar refractivity (Wildman–Crippen MR) is 88.7 cm³/mol. The van der Waals surface area contributed by atoms with E-state index in [1.54, 1.807) is 36.4 Å². The van der Waals surface area contributed by atoms with Crippen LogP contribution in [-0.2, 0) is 0 Å². The van der Waals surface area contributed by atoms with Gasteiger partial charge in [-0.1, -0.05) is 18.2 Å². The van der Waals surface area contributed by atoms with Gasteiger partial charge in [-0.25, -0.2) is 0 Å². The summed E-state index contributed by atoms with van der Waals surface area (Å²) in [5, 5.41) is 30.0. The van der Waals surface area contributed by atoms with Crippen LogP contribution in [-0.4, -0.2) is 41.7 Å². The van der Waals surface area contributed by atoms with Crippen molar-refractivity contribution in [2.75, 3.05) is 20.3 Å². The van der Waals surface area contributed by atoms with E-state index < -0.39 is 18.8 Å². The van der Waals surface area contributed by atoms with Crippen molar-refractivity contribution in [1.82, 2.24) is 0 Å². The molecule has 0 saturated carbocycles. The van der Waals surface area contributed by atoms with Gasteiger partial charge < -0.3 is 29.5 Å².